The lowest BCUT2D eigenvalue weighted by atomic mass is 9.92. The van der Waals surface area contributed by atoms with Gasteiger partial charge in [-0.15, -0.1) is 0 Å². The molecule has 1 aromatic heterocycles. The molecule has 0 saturated heterocycles. The molecule has 32 heavy (non-hydrogen) atoms. The number of hydrogen-bond donors (Lipinski definition) is 1. The van der Waals surface area contributed by atoms with Crippen LogP contribution < -0.4 is 14.8 Å². The van der Waals surface area contributed by atoms with Crippen LogP contribution in [0.15, 0.2) is 46.6 Å². The van der Waals surface area contributed by atoms with Crippen molar-refractivity contribution >= 4 is 22.9 Å². The Hall–Kier alpha value is -3.39. The van der Waals surface area contributed by atoms with Gasteiger partial charge in [0.1, 0.15) is 0 Å². The monoisotopic (exact) mass is 448 g/mol. The Morgan fingerprint density at radius 1 is 1.06 bits per heavy atom. The Bertz CT molecular complexity index is 1250. The first kappa shape index (κ1) is 20.5. The maximum atomic E-state index is 5.78. The number of ether oxygens (including phenoxy) is 2. The minimum atomic E-state index is -0.186. The largest absolute Gasteiger partial charge is 0.454 e. The number of aryl methyl sites for hydroxylation is 2. The quantitative estimate of drug-likeness (QED) is 0.573. The number of fused-ring (bicyclic) bond motifs is 1. The highest BCUT2D eigenvalue weighted by molar-refractivity contribution is 7.80. The average Bonchev–Trinajstić information content (AvgIpc) is 3.44. The van der Waals surface area contributed by atoms with Gasteiger partial charge in [-0.2, -0.15) is 4.98 Å². The van der Waals surface area contributed by atoms with Crippen molar-refractivity contribution in [2.75, 3.05) is 13.3 Å². The van der Waals surface area contributed by atoms with Crippen LogP contribution >= 0.6 is 12.2 Å². The molecule has 0 bridgehead atoms. The zero-order valence-electron chi connectivity index (χ0n) is 18.4. The van der Waals surface area contributed by atoms with Crippen molar-refractivity contribution in [1.29, 1.82) is 0 Å². The molecule has 2 aromatic carbocycles. The van der Waals surface area contributed by atoms with E-state index in [2.05, 4.69) is 49.4 Å². The second kappa shape index (κ2) is 7.94. The molecule has 5 rings (SSSR count). The lowest BCUT2D eigenvalue weighted by Crippen LogP contribution is -2.45. The minimum Gasteiger partial charge on any atom is -0.454 e. The molecule has 0 fully saturated rings. The Balaban J connectivity index is 1.59. The molecule has 3 aromatic rings. The van der Waals surface area contributed by atoms with Crippen LogP contribution in [-0.2, 0) is 0 Å². The van der Waals surface area contributed by atoms with Gasteiger partial charge in [-0.1, -0.05) is 23.4 Å². The summed E-state index contributed by atoms with van der Waals surface area (Å²) in [5.41, 5.74) is 6.29. The van der Waals surface area contributed by atoms with Crippen LogP contribution in [0.25, 0.3) is 17.0 Å². The molecular formula is C24H24N4O3S. The van der Waals surface area contributed by atoms with E-state index in [1.165, 1.54) is 11.1 Å². The highest BCUT2D eigenvalue weighted by atomic mass is 32.1. The third-order valence-electron chi connectivity index (χ3n) is 6.06. The Kier molecular flexibility index (Phi) is 5.09. The summed E-state index contributed by atoms with van der Waals surface area (Å²) in [5, 5.41) is 8.42. The van der Waals surface area contributed by atoms with Crippen LogP contribution in [0.1, 0.15) is 42.5 Å². The summed E-state index contributed by atoms with van der Waals surface area (Å²) >= 11 is 5.66. The van der Waals surface area contributed by atoms with E-state index in [4.69, 9.17) is 31.2 Å². The van der Waals surface area contributed by atoms with E-state index in [1.807, 2.05) is 30.0 Å². The Morgan fingerprint density at radius 2 is 1.88 bits per heavy atom. The van der Waals surface area contributed by atoms with Gasteiger partial charge in [0.25, 0.3) is 5.89 Å². The highest BCUT2D eigenvalue weighted by Crippen LogP contribution is 2.39. The highest BCUT2D eigenvalue weighted by Gasteiger charge is 2.33. The topological polar surface area (TPSA) is 72.7 Å². The Morgan fingerprint density at radius 3 is 2.66 bits per heavy atom. The van der Waals surface area contributed by atoms with Crippen molar-refractivity contribution in [3.05, 3.63) is 64.7 Å². The summed E-state index contributed by atoms with van der Waals surface area (Å²) in [5.74, 6) is 2.36. The van der Waals surface area contributed by atoms with E-state index in [1.54, 1.807) is 0 Å². The third-order valence-corrected chi connectivity index (χ3v) is 6.40. The predicted molar refractivity (Wildman–Crippen MR) is 125 cm³/mol. The average molecular weight is 449 g/mol. The minimum absolute atomic E-state index is 0.186. The fourth-order valence-electron chi connectivity index (χ4n) is 4.12. The normalized spacial score (nSPS) is 17.7. The molecule has 1 atom stereocenters. The van der Waals surface area contributed by atoms with E-state index in [9.17, 15) is 0 Å². The molecule has 0 amide bonds. The first-order valence-electron chi connectivity index (χ1n) is 10.6. The third kappa shape index (κ3) is 3.40. The number of hydrogen-bond acceptors (Lipinski definition) is 6. The van der Waals surface area contributed by atoms with E-state index < -0.39 is 0 Å². The van der Waals surface area contributed by atoms with Gasteiger partial charge in [-0.3, -0.25) is 0 Å². The molecule has 0 radical (unpaired) electrons. The summed E-state index contributed by atoms with van der Waals surface area (Å²) in [6.45, 7) is 9.29. The summed E-state index contributed by atoms with van der Waals surface area (Å²) in [6.07, 6.45) is 0. The van der Waals surface area contributed by atoms with E-state index in [0.717, 1.165) is 34.7 Å². The first-order valence-corrected chi connectivity index (χ1v) is 11.0. The molecule has 1 unspecified atom stereocenters. The van der Waals surface area contributed by atoms with Gasteiger partial charge in [-0.25, -0.2) is 0 Å². The molecular weight excluding hydrogens is 424 g/mol. The second-order valence-electron chi connectivity index (χ2n) is 7.96. The maximum absolute atomic E-state index is 5.78. The van der Waals surface area contributed by atoms with Crippen molar-refractivity contribution in [2.24, 2.45) is 0 Å². The van der Waals surface area contributed by atoms with Crippen molar-refractivity contribution < 1.29 is 14.0 Å². The van der Waals surface area contributed by atoms with Crippen molar-refractivity contribution in [2.45, 2.75) is 33.7 Å². The molecule has 8 heteroatoms. The van der Waals surface area contributed by atoms with Gasteiger partial charge in [0.2, 0.25) is 12.6 Å². The zero-order chi connectivity index (χ0) is 22.4. The number of rotatable bonds is 4. The molecule has 0 spiro atoms. The molecule has 0 saturated carbocycles. The molecule has 164 valence electrons. The molecule has 7 nitrogen and oxygen atoms in total. The molecule has 1 N–H and O–H groups in total. The molecule has 0 aliphatic carbocycles. The number of aromatic nitrogens is 2. The smallest absolute Gasteiger partial charge is 0.258 e. The van der Waals surface area contributed by atoms with Gasteiger partial charge in [-0.05, 0) is 74.8 Å². The number of allylic oxidation sites excluding steroid dienone is 1. The SMILES string of the molecule is CCN1C(=S)NC(c2ccc(C)c(C)c2)C(c2nc(-c3ccc4c(c3)OCO4)no2)=C1C. The van der Waals surface area contributed by atoms with Crippen LogP contribution in [0, 0.1) is 13.8 Å². The van der Waals surface area contributed by atoms with Crippen LogP contribution in [0.3, 0.4) is 0 Å². The standard InChI is InChI=1S/C24H24N4O3S/c1-5-28-15(4)20(21(25-24(28)32)16-7-6-13(2)14(3)10-16)23-26-22(27-31-23)17-8-9-18-19(11-17)30-12-29-18/h6-11,21H,5,12H2,1-4H3,(H,25,32). The van der Waals surface area contributed by atoms with Crippen LogP contribution in [0.5, 0.6) is 11.5 Å². The zero-order valence-corrected chi connectivity index (χ0v) is 19.2. The summed E-state index contributed by atoms with van der Waals surface area (Å²) < 4.78 is 16.7. The van der Waals surface area contributed by atoms with E-state index in [0.29, 0.717) is 22.6 Å². The van der Waals surface area contributed by atoms with Gasteiger partial charge in [0.05, 0.1) is 11.6 Å². The van der Waals surface area contributed by atoms with Crippen molar-refractivity contribution in [3.8, 4) is 22.9 Å². The van der Waals surface area contributed by atoms with E-state index in [-0.39, 0.29) is 12.8 Å². The summed E-state index contributed by atoms with van der Waals surface area (Å²) in [4.78, 5) is 6.80. The number of nitrogens with zero attached hydrogens (tertiary/aromatic N) is 3. The van der Waals surface area contributed by atoms with Crippen molar-refractivity contribution in [1.82, 2.24) is 20.4 Å². The molecule has 3 heterocycles. The lowest BCUT2D eigenvalue weighted by Gasteiger charge is -2.36. The molecule has 2 aliphatic heterocycles. The fraction of sp³-hybridized carbons (Fsp3) is 0.292. The predicted octanol–water partition coefficient (Wildman–Crippen LogP) is 4.76. The maximum Gasteiger partial charge on any atom is 0.258 e. The van der Waals surface area contributed by atoms with Crippen LogP contribution in [0.4, 0.5) is 0 Å². The molecule has 2 aliphatic rings. The van der Waals surface area contributed by atoms with Crippen LogP contribution in [0.2, 0.25) is 0 Å². The first-order chi connectivity index (χ1) is 15.5. The second-order valence-corrected chi connectivity index (χ2v) is 8.35. The van der Waals surface area contributed by atoms with Crippen LogP contribution in [-0.4, -0.2) is 33.5 Å². The summed E-state index contributed by atoms with van der Waals surface area (Å²) in [7, 11) is 0. The van der Waals surface area contributed by atoms with Gasteiger partial charge >= 0.3 is 0 Å². The fourth-order valence-corrected chi connectivity index (χ4v) is 4.50. The van der Waals surface area contributed by atoms with Gasteiger partial charge in [0.15, 0.2) is 16.6 Å². The lowest BCUT2D eigenvalue weighted by molar-refractivity contribution is 0.174. The van der Waals surface area contributed by atoms with Gasteiger partial charge in [0, 0.05) is 17.8 Å². The van der Waals surface area contributed by atoms with Crippen molar-refractivity contribution in [3.63, 3.8) is 0 Å². The number of nitrogens with one attached hydrogen (secondary N) is 1. The van der Waals surface area contributed by atoms with E-state index >= 15 is 0 Å². The number of benzene rings is 2. The summed E-state index contributed by atoms with van der Waals surface area (Å²) in [6, 6.07) is 11.9. The van der Waals surface area contributed by atoms with Gasteiger partial charge < -0.3 is 24.2 Å². The Labute approximate surface area is 192 Å². The number of thiocarbonyl (C=S) groups is 1.